The summed E-state index contributed by atoms with van der Waals surface area (Å²) < 4.78 is 4.78. The largest absolute Gasteiger partial charge is 0.385 e. The molecular formula is C7H12O2. The first-order valence-electron chi connectivity index (χ1n) is 2.93. The fourth-order valence-electron chi connectivity index (χ4n) is 0.502. The number of methoxy groups -OCH3 is 1. The molecule has 0 aromatic carbocycles. The van der Waals surface area contributed by atoms with Gasteiger partial charge in [-0.1, -0.05) is 6.58 Å². The van der Waals surface area contributed by atoms with Crippen molar-refractivity contribution in [2.75, 3.05) is 13.7 Å². The fourth-order valence-corrected chi connectivity index (χ4v) is 0.502. The molecule has 0 amide bonds. The number of carbonyl (C=O) groups is 1. The third-order valence-corrected chi connectivity index (χ3v) is 1.01. The van der Waals surface area contributed by atoms with Gasteiger partial charge in [-0.15, -0.1) is 0 Å². The molecule has 0 fully saturated rings. The number of rotatable bonds is 5. The molecule has 52 valence electrons. The molecule has 0 saturated heterocycles. The molecule has 0 aromatic rings. The second kappa shape index (κ2) is 5.51. The summed E-state index contributed by atoms with van der Waals surface area (Å²) in [5.74, 6) is 0. The standard InChI is InChI=1S/C7H12O2/c1-7(6-8)4-3-5-9-2/h6H,1,3-5H2,2H3. The Labute approximate surface area is 55.5 Å². The van der Waals surface area contributed by atoms with Gasteiger partial charge in [0.25, 0.3) is 0 Å². The quantitative estimate of drug-likeness (QED) is 0.315. The number of allylic oxidation sites excluding steroid dienone is 1. The maximum atomic E-state index is 9.96. The normalized spacial score (nSPS) is 9.00. The average Bonchev–Trinajstić information content (AvgIpc) is 1.89. The fraction of sp³-hybridized carbons (Fsp3) is 0.571. The van der Waals surface area contributed by atoms with Gasteiger partial charge in [-0.25, -0.2) is 0 Å². The Morgan fingerprint density at radius 3 is 2.89 bits per heavy atom. The summed E-state index contributed by atoms with van der Waals surface area (Å²) in [7, 11) is 1.64. The maximum Gasteiger partial charge on any atom is 0.145 e. The van der Waals surface area contributed by atoms with Crippen molar-refractivity contribution in [3.8, 4) is 0 Å². The molecule has 0 aliphatic rings. The number of carbonyl (C=O) groups excluding carboxylic acids is 1. The lowest BCUT2D eigenvalue weighted by atomic mass is 10.2. The van der Waals surface area contributed by atoms with Gasteiger partial charge in [0, 0.05) is 13.7 Å². The van der Waals surface area contributed by atoms with Crippen LogP contribution in [0.15, 0.2) is 12.2 Å². The topological polar surface area (TPSA) is 26.3 Å². The van der Waals surface area contributed by atoms with Crippen LogP contribution in [0, 0.1) is 0 Å². The third kappa shape index (κ3) is 5.24. The summed E-state index contributed by atoms with van der Waals surface area (Å²) in [6, 6.07) is 0. The lowest BCUT2D eigenvalue weighted by Gasteiger charge is -1.95. The number of aldehydes is 1. The minimum atomic E-state index is 0.645. The lowest BCUT2D eigenvalue weighted by Crippen LogP contribution is -1.90. The molecule has 2 nitrogen and oxygen atoms in total. The first-order chi connectivity index (χ1) is 4.31. The molecule has 0 rings (SSSR count). The third-order valence-electron chi connectivity index (χ3n) is 1.01. The molecule has 0 N–H and O–H groups in total. The van der Waals surface area contributed by atoms with Crippen LogP contribution in [0.4, 0.5) is 0 Å². The van der Waals surface area contributed by atoms with Gasteiger partial charge in [-0.3, -0.25) is 4.79 Å². The summed E-state index contributed by atoms with van der Waals surface area (Å²) in [6.45, 7) is 4.22. The molecule has 0 aliphatic carbocycles. The van der Waals surface area contributed by atoms with Crippen molar-refractivity contribution < 1.29 is 9.53 Å². The van der Waals surface area contributed by atoms with Crippen LogP contribution in [-0.4, -0.2) is 20.0 Å². The van der Waals surface area contributed by atoms with Crippen LogP contribution in [0.3, 0.4) is 0 Å². The van der Waals surface area contributed by atoms with Gasteiger partial charge in [-0.2, -0.15) is 0 Å². The number of hydrogen-bond donors (Lipinski definition) is 0. The predicted octanol–water partition coefficient (Wildman–Crippen LogP) is 1.17. The number of hydrogen-bond acceptors (Lipinski definition) is 2. The van der Waals surface area contributed by atoms with Crippen molar-refractivity contribution in [2.45, 2.75) is 12.8 Å². The minimum absolute atomic E-state index is 0.645. The molecular weight excluding hydrogens is 116 g/mol. The van der Waals surface area contributed by atoms with E-state index < -0.39 is 0 Å². The van der Waals surface area contributed by atoms with Crippen LogP contribution in [0.2, 0.25) is 0 Å². The van der Waals surface area contributed by atoms with Crippen LogP contribution in [-0.2, 0) is 9.53 Å². The monoisotopic (exact) mass is 128 g/mol. The zero-order valence-electron chi connectivity index (χ0n) is 5.72. The van der Waals surface area contributed by atoms with Crippen LogP contribution in [0.25, 0.3) is 0 Å². The zero-order valence-corrected chi connectivity index (χ0v) is 5.72. The average molecular weight is 128 g/mol. The highest BCUT2D eigenvalue weighted by Crippen LogP contribution is 1.97. The van der Waals surface area contributed by atoms with Gasteiger partial charge >= 0.3 is 0 Å². The number of ether oxygens (including phenoxy) is 1. The Bertz CT molecular complexity index is 97.1. The summed E-state index contributed by atoms with van der Waals surface area (Å²) in [5.41, 5.74) is 0.645. The molecule has 0 bridgehead atoms. The summed E-state index contributed by atoms with van der Waals surface area (Å²) >= 11 is 0. The molecule has 0 unspecified atom stereocenters. The van der Waals surface area contributed by atoms with E-state index in [-0.39, 0.29) is 0 Å². The van der Waals surface area contributed by atoms with Crippen molar-refractivity contribution in [1.82, 2.24) is 0 Å². The highest BCUT2D eigenvalue weighted by molar-refractivity contribution is 5.71. The lowest BCUT2D eigenvalue weighted by molar-refractivity contribution is -0.105. The van der Waals surface area contributed by atoms with E-state index in [9.17, 15) is 4.79 Å². The van der Waals surface area contributed by atoms with E-state index >= 15 is 0 Å². The van der Waals surface area contributed by atoms with Crippen molar-refractivity contribution in [1.29, 1.82) is 0 Å². The molecule has 2 heteroatoms. The van der Waals surface area contributed by atoms with Gasteiger partial charge < -0.3 is 4.74 Å². The van der Waals surface area contributed by atoms with Gasteiger partial charge in [0.1, 0.15) is 6.29 Å². The second-order valence-corrected chi connectivity index (χ2v) is 1.87. The summed E-state index contributed by atoms with van der Waals surface area (Å²) in [5, 5.41) is 0. The predicted molar refractivity (Wildman–Crippen MR) is 36.3 cm³/mol. The molecule has 0 saturated carbocycles. The van der Waals surface area contributed by atoms with Gasteiger partial charge in [0.2, 0.25) is 0 Å². The highest BCUT2D eigenvalue weighted by atomic mass is 16.5. The van der Waals surface area contributed by atoms with Crippen LogP contribution >= 0.6 is 0 Å². The van der Waals surface area contributed by atoms with Crippen LogP contribution in [0.5, 0.6) is 0 Å². The molecule has 0 aliphatic heterocycles. The van der Waals surface area contributed by atoms with E-state index in [4.69, 9.17) is 4.74 Å². The van der Waals surface area contributed by atoms with Gasteiger partial charge in [-0.05, 0) is 18.4 Å². The highest BCUT2D eigenvalue weighted by Gasteiger charge is 1.89. The summed E-state index contributed by atoms with van der Waals surface area (Å²) in [6.07, 6.45) is 2.42. The van der Waals surface area contributed by atoms with Crippen molar-refractivity contribution >= 4 is 6.29 Å². The van der Waals surface area contributed by atoms with E-state index in [0.29, 0.717) is 12.2 Å². The maximum absolute atomic E-state index is 9.96. The van der Waals surface area contributed by atoms with E-state index in [1.54, 1.807) is 7.11 Å². The smallest absolute Gasteiger partial charge is 0.145 e. The van der Waals surface area contributed by atoms with E-state index in [1.807, 2.05) is 0 Å². The first kappa shape index (κ1) is 8.37. The zero-order chi connectivity index (χ0) is 7.11. The van der Waals surface area contributed by atoms with Crippen LogP contribution < -0.4 is 0 Å². The Kier molecular flexibility index (Phi) is 5.12. The van der Waals surface area contributed by atoms with E-state index in [2.05, 4.69) is 6.58 Å². The molecule has 0 spiro atoms. The van der Waals surface area contributed by atoms with Crippen LogP contribution in [0.1, 0.15) is 12.8 Å². The molecule has 0 aromatic heterocycles. The molecule has 0 atom stereocenters. The molecule has 0 radical (unpaired) electrons. The van der Waals surface area contributed by atoms with Crippen molar-refractivity contribution in [2.24, 2.45) is 0 Å². The first-order valence-corrected chi connectivity index (χ1v) is 2.93. The molecule has 9 heavy (non-hydrogen) atoms. The summed E-state index contributed by atoms with van der Waals surface area (Å²) in [4.78, 5) is 9.96. The minimum Gasteiger partial charge on any atom is -0.385 e. The SMILES string of the molecule is C=C(C=O)CCCOC. The molecule has 0 heterocycles. The Morgan fingerprint density at radius 2 is 2.44 bits per heavy atom. The van der Waals surface area contributed by atoms with Gasteiger partial charge in [0.05, 0.1) is 0 Å². The van der Waals surface area contributed by atoms with E-state index in [0.717, 1.165) is 19.1 Å². The Hall–Kier alpha value is -0.630. The van der Waals surface area contributed by atoms with Crippen molar-refractivity contribution in [3.63, 3.8) is 0 Å². The van der Waals surface area contributed by atoms with Gasteiger partial charge in [0.15, 0.2) is 0 Å². The second-order valence-electron chi connectivity index (χ2n) is 1.87. The Morgan fingerprint density at radius 1 is 1.78 bits per heavy atom. The van der Waals surface area contributed by atoms with E-state index in [1.165, 1.54) is 0 Å². The Balaban J connectivity index is 3.07. The van der Waals surface area contributed by atoms with Crippen molar-refractivity contribution in [3.05, 3.63) is 12.2 Å².